The van der Waals surface area contributed by atoms with Gasteiger partial charge in [-0.3, -0.25) is 9.97 Å². The first-order chi connectivity index (χ1) is 5.97. The Kier molecular flexibility index (Phi) is 1.69. The van der Waals surface area contributed by atoms with Gasteiger partial charge in [-0.25, -0.2) is 4.98 Å². The second-order valence-electron chi connectivity index (χ2n) is 2.03. The Labute approximate surface area is 68.6 Å². The van der Waals surface area contributed by atoms with Crippen LogP contribution in [0.2, 0.25) is 0 Å². The lowest BCUT2D eigenvalue weighted by atomic mass is 10.3. The number of nitrogens with zero attached hydrogens (tertiary/aromatic N) is 5. The first-order valence-corrected chi connectivity index (χ1v) is 3.29. The monoisotopic (exact) mass is 158 g/mol. The van der Waals surface area contributed by atoms with Crippen molar-refractivity contribution in [1.29, 1.82) is 0 Å². The van der Waals surface area contributed by atoms with Crippen molar-refractivity contribution in [2.45, 2.75) is 0 Å². The van der Waals surface area contributed by atoms with E-state index >= 15 is 0 Å². The predicted octanol–water partition coefficient (Wildman–Crippen LogP) is 0.129. The molecule has 0 aliphatic carbocycles. The SMILES string of the molecule is [c]1nncc(-c2cnccn2)n1. The molecule has 0 N–H and O–H groups in total. The summed E-state index contributed by atoms with van der Waals surface area (Å²) >= 11 is 0. The van der Waals surface area contributed by atoms with E-state index in [0.29, 0.717) is 11.4 Å². The van der Waals surface area contributed by atoms with Gasteiger partial charge in [-0.15, -0.1) is 5.10 Å². The molecule has 1 radical (unpaired) electrons. The smallest absolute Gasteiger partial charge is 0.222 e. The molecule has 0 aromatic carbocycles. The van der Waals surface area contributed by atoms with Crippen LogP contribution in [0.15, 0.2) is 24.8 Å². The van der Waals surface area contributed by atoms with Gasteiger partial charge >= 0.3 is 0 Å². The third kappa shape index (κ3) is 1.24. The van der Waals surface area contributed by atoms with Crippen LogP contribution in [0.25, 0.3) is 11.4 Å². The van der Waals surface area contributed by atoms with Gasteiger partial charge in [0.25, 0.3) is 0 Å². The van der Waals surface area contributed by atoms with E-state index in [2.05, 4.69) is 31.5 Å². The highest BCUT2D eigenvalue weighted by Gasteiger charge is 1.98. The lowest BCUT2D eigenvalue weighted by molar-refractivity contribution is 0.956. The first kappa shape index (κ1) is 6.78. The van der Waals surface area contributed by atoms with Gasteiger partial charge in [0.2, 0.25) is 6.33 Å². The van der Waals surface area contributed by atoms with Crippen molar-refractivity contribution in [3.05, 3.63) is 31.1 Å². The molecule has 5 heteroatoms. The summed E-state index contributed by atoms with van der Waals surface area (Å²) in [5.74, 6) is 0. The van der Waals surface area contributed by atoms with Gasteiger partial charge in [-0.2, -0.15) is 5.10 Å². The third-order valence-corrected chi connectivity index (χ3v) is 1.28. The predicted molar refractivity (Wildman–Crippen MR) is 39.7 cm³/mol. The molecule has 12 heavy (non-hydrogen) atoms. The molecular formula is C7H4N5. The van der Waals surface area contributed by atoms with E-state index < -0.39 is 0 Å². The van der Waals surface area contributed by atoms with Crippen LogP contribution in [0.3, 0.4) is 0 Å². The van der Waals surface area contributed by atoms with E-state index in [-0.39, 0.29) is 0 Å². The summed E-state index contributed by atoms with van der Waals surface area (Å²) in [7, 11) is 0. The van der Waals surface area contributed by atoms with E-state index in [1.54, 1.807) is 18.6 Å². The van der Waals surface area contributed by atoms with Crippen LogP contribution < -0.4 is 0 Å². The van der Waals surface area contributed by atoms with Crippen LogP contribution >= 0.6 is 0 Å². The van der Waals surface area contributed by atoms with Gasteiger partial charge in [0.05, 0.1) is 12.4 Å². The molecule has 0 aliphatic heterocycles. The van der Waals surface area contributed by atoms with Crippen molar-refractivity contribution in [3.8, 4) is 11.4 Å². The summed E-state index contributed by atoms with van der Waals surface area (Å²) in [4.78, 5) is 11.8. The molecule has 0 aliphatic rings. The maximum Gasteiger partial charge on any atom is 0.222 e. The maximum atomic E-state index is 4.04. The quantitative estimate of drug-likeness (QED) is 0.590. The average molecular weight is 158 g/mol. The standard InChI is InChI=1S/C7H4N5/c1-2-9-6(3-8-1)7-4-11-12-5-10-7/h1-4H. The van der Waals surface area contributed by atoms with E-state index in [4.69, 9.17) is 0 Å². The minimum atomic E-state index is 0.623. The Morgan fingerprint density at radius 1 is 1.08 bits per heavy atom. The molecule has 0 amide bonds. The molecule has 2 rings (SSSR count). The molecule has 2 aromatic heterocycles. The van der Waals surface area contributed by atoms with Crippen molar-refractivity contribution in [1.82, 2.24) is 25.1 Å². The highest BCUT2D eigenvalue weighted by Crippen LogP contribution is 2.07. The summed E-state index contributed by atoms with van der Waals surface area (Å²) in [6.45, 7) is 0. The zero-order valence-corrected chi connectivity index (χ0v) is 6.05. The molecule has 0 atom stereocenters. The minimum absolute atomic E-state index is 0.623. The average Bonchev–Trinajstić information content (AvgIpc) is 2.21. The van der Waals surface area contributed by atoms with Crippen LogP contribution in [0.4, 0.5) is 0 Å². The Bertz CT molecular complexity index is 309. The molecule has 0 fully saturated rings. The van der Waals surface area contributed by atoms with E-state index in [1.165, 1.54) is 6.20 Å². The Morgan fingerprint density at radius 3 is 2.75 bits per heavy atom. The van der Waals surface area contributed by atoms with E-state index in [0.717, 1.165) is 0 Å². The summed E-state index contributed by atoms with van der Waals surface area (Å²) in [5, 5.41) is 7.06. The van der Waals surface area contributed by atoms with Crippen LogP contribution in [0.1, 0.15) is 0 Å². The third-order valence-electron chi connectivity index (χ3n) is 1.28. The van der Waals surface area contributed by atoms with Gasteiger partial charge in [0.15, 0.2) is 0 Å². The molecule has 0 unspecified atom stereocenters. The molecule has 2 heterocycles. The summed E-state index contributed by atoms with van der Waals surface area (Å²) in [6.07, 6.45) is 8.70. The summed E-state index contributed by atoms with van der Waals surface area (Å²) in [5.41, 5.74) is 1.29. The van der Waals surface area contributed by atoms with E-state index in [9.17, 15) is 0 Å². The van der Waals surface area contributed by atoms with Crippen molar-refractivity contribution < 1.29 is 0 Å². The number of hydrogen-bond acceptors (Lipinski definition) is 5. The van der Waals surface area contributed by atoms with Crippen LogP contribution in [-0.4, -0.2) is 25.1 Å². The molecule has 57 valence electrons. The van der Waals surface area contributed by atoms with Crippen molar-refractivity contribution in [3.63, 3.8) is 0 Å². The number of aromatic nitrogens is 5. The van der Waals surface area contributed by atoms with Crippen molar-refractivity contribution >= 4 is 0 Å². The highest BCUT2D eigenvalue weighted by molar-refractivity contribution is 5.49. The second kappa shape index (κ2) is 3.00. The summed E-state index contributed by atoms with van der Waals surface area (Å²) < 4.78 is 0. The summed E-state index contributed by atoms with van der Waals surface area (Å²) in [6, 6.07) is 0. The Morgan fingerprint density at radius 2 is 2.08 bits per heavy atom. The fourth-order valence-electron chi connectivity index (χ4n) is 0.769. The highest BCUT2D eigenvalue weighted by atomic mass is 15.1. The van der Waals surface area contributed by atoms with Crippen LogP contribution in [-0.2, 0) is 0 Å². The fourth-order valence-corrected chi connectivity index (χ4v) is 0.769. The van der Waals surface area contributed by atoms with Gasteiger partial charge in [-0.05, 0) is 0 Å². The molecule has 5 nitrogen and oxygen atoms in total. The van der Waals surface area contributed by atoms with Crippen LogP contribution in [0.5, 0.6) is 0 Å². The second-order valence-corrected chi connectivity index (χ2v) is 2.03. The fraction of sp³-hybridized carbons (Fsp3) is 0. The minimum Gasteiger partial charge on any atom is -0.261 e. The zero-order chi connectivity index (χ0) is 8.23. The Hall–Kier alpha value is -1.91. The van der Waals surface area contributed by atoms with Gasteiger partial charge in [-0.1, -0.05) is 0 Å². The largest absolute Gasteiger partial charge is 0.261 e. The van der Waals surface area contributed by atoms with Gasteiger partial charge in [0, 0.05) is 12.4 Å². The topological polar surface area (TPSA) is 64.5 Å². The molecule has 0 spiro atoms. The molecular weight excluding hydrogens is 154 g/mol. The van der Waals surface area contributed by atoms with Gasteiger partial charge in [0.1, 0.15) is 11.4 Å². The maximum absolute atomic E-state index is 4.04. The number of rotatable bonds is 1. The van der Waals surface area contributed by atoms with Crippen LogP contribution in [0, 0.1) is 6.33 Å². The zero-order valence-electron chi connectivity index (χ0n) is 6.05. The van der Waals surface area contributed by atoms with Crippen molar-refractivity contribution in [2.75, 3.05) is 0 Å². The molecule has 0 saturated carbocycles. The molecule has 2 aromatic rings. The van der Waals surface area contributed by atoms with Gasteiger partial charge < -0.3 is 0 Å². The van der Waals surface area contributed by atoms with Crippen molar-refractivity contribution in [2.24, 2.45) is 0 Å². The first-order valence-electron chi connectivity index (χ1n) is 3.29. The Balaban J connectivity index is 2.46. The number of hydrogen-bond donors (Lipinski definition) is 0. The van der Waals surface area contributed by atoms with E-state index in [1.807, 2.05) is 0 Å². The lowest BCUT2D eigenvalue weighted by Gasteiger charge is -1.93. The molecule has 0 saturated heterocycles. The molecule has 0 bridgehead atoms. The normalized spacial score (nSPS) is 9.67. The lowest BCUT2D eigenvalue weighted by Crippen LogP contribution is -1.90.